The molecule has 4 nitrogen and oxygen atoms in total. The molecule has 0 fully saturated rings. The maximum Gasteiger partial charge on any atom is 0.359 e. The van der Waals surface area contributed by atoms with Crippen LogP contribution in [0, 0.1) is 11.8 Å². The summed E-state index contributed by atoms with van der Waals surface area (Å²) in [5.41, 5.74) is 1.66. The van der Waals surface area contributed by atoms with Crippen molar-refractivity contribution in [3.8, 4) is 11.8 Å². The van der Waals surface area contributed by atoms with Gasteiger partial charge in [-0.1, -0.05) is 0 Å². The van der Waals surface area contributed by atoms with Crippen LogP contribution in [0.25, 0.3) is 0 Å². The van der Waals surface area contributed by atoms with E-state index in [0.29, 0.717) is 11.2 Å². The lowest BCUT2D eigenvalue weighted by Crippen LogP contribution is -2.06. The van der Waals surface area contributed by atoms with Gasteiger partial charge in [0.15, 0.2) is 12.0 Å². The highest BCUT2D eigenvalue weighted by Gasteiger charge is 2.13. The molecule has 14 heavy (non-hydrogen) atoms. The molecule has 0 atom stereocenters. The zero-order valence-corrected chi connectivity index (χ0v) is 8.26. The maximum atomic E-state index is 11.3. The van der Waals surface area contributed by atoms with Crippen molar-refractivity contribution >= 4 is 23.6 Å². The second kappa shape index (κ2) is 5.14. The third-order valence-electron chi connectivity index (χ3n) is 1.28. The molecule has 0 aliphatic rings. The lowest BCUT2D eigenvalue weighted by Gasteiger charge is -1.97. The fourth-order valence-corrected chi connectivity index (χ4v) is 1.40. The lowest BCUT2D eigenvalue weighted by atomic mass is 10.3. The topological polar surface area (TPSA) is 56.3 Å². The van der Waals surface area contributed by atoms with Crippen LogP contribution in [-0.4, -0.2) is 23.8 Å². The van der Waals surface area contributed by atoms with Gasteiger partial charge in [-0.25, -0.2) is 9.78 Å². The van der Waals surface area contributed by atoms with E-state index in [1.165, 1.54) is 16.8 Å². The van der Waals surface area contributed by atoms with Crippen molar-refractivity contribution in [1.82, 2.24) is 4.98 Å². The smallest absolute Gasteiger partial charge is 0.359 e. The van der Waals surface area contributed by atoms with Crippen molar-refractivity contribution < 1.29 is 14.3 Å². The van der Waals surface area contributed by atoms with Crippen LogP contribution in [0.1, 0.15) is 22.3 Å². The molecule has 1 aromatic heterocycles. The Balaban J connectivity index is 2.92. The van der Waals surface area contributed by atoms with Crippen LogP contribution in [0.15, 0.2) is 5.51 Å². The number of esters is 1. The normalized spacial score (nSPS) is 8.64. The average molecular weight is 209 g/mol. The van der Waals surface area contributed by atoms with Gasteiger partial charge in [-0.3, -0.25) is 4.79 Å². The minimum atomic E-state index is -0.510. The van der Waals surface area contributed by atoms with Crippen LogP contribution in [0.4, 0.5) is 0 Å². The third-order valence-corrected chi connectivity index (χ3v) is 2.02. The largest absolute Gasteiger partial charge is 0.461 e. The summed E-state index contributed by atoms with van der Waals surface area (Å²) in [4.78, 5) is 25.5. The number of nitrogens with zero attached hydrogens (tertiary/aromatic N) is 1. The van der Waals surface area contributed by atoms with E-state index in [1.54, 1.807) is 6.92 Å². The van der Waals surface area contributed by atoms with Crippen LogP contribution in [0.2, 0.25) is 0 Å². The molecule has 0 aliphatic carbocycles. The number of ether oxygens (including phenoxy) is 1. The van der Waals surface area contributed by atoms with Crippen molar-refractivity contribution in [3.05, 3.63) is 16.1 Å². The number of carbonyl (C=O) groups excluding carboxylic acids is 2. The second-order valence-electron chi connectivity index (χ2n) is 2.14. The predicted molar refractivity (Wildman–Crippen MR) is 51.0 cm³/mol. The van der Waals surface area contributed by atoms with E-state index in [-0.39, 0.29) is 12.3 Å². The van der Waals surface area contributed by atoms with Crippen molar-refractivity contribution in [2.24, 2.45) is 0 Å². The summed E-state index contributed by atoms with van der Waals surface area (Å²) < 4.78 is 4.76. The molecule has 1 rings (SSSR count). The van der Waals surface area contributed by atoms with E-state index >= 15 is 0 Å². The van der Waals surface area contributed by atoms with Crippen LogP contribution in [0.5, 0.6) is 0 Å². The lowest BCUT2D eigenvalue weighted by molar-refractivity contribution is -0.103. The summed E-state index contributed by atoms with van der Waals surface area (Å²) in [5, 5.41) is 0. The van der Waals surface area contributed by atoms with Gasteiger partial charge >= 0.3 is 5.97 Å². The first-order valence-electron chi connectivity index (χ1n) is 3.85. The molecular formula is C9H7NO3S. The summed E-state index contributed by atoms with van der Waals surface area (Å²) >= 11 is 1.20. The number of rotatable bonds is 2. The number of aldehydes is 1. The summed E-state index contributed by atoms with van der Waals surface area (Å²) in [6.45, 7) is 2.00. The molecule has 0 N–H and O–H groups in total. The molecule has 1 aromatic rings. The monoisotopic (exact) mass is 209 g/mol. The summed E-state index contributed by atoms with van der Waals surface area (Å²) in [6.07, 6.45) is 0.467. The van der Waals surface area contributed by atoms with Gasteiger partial charge in [-0.15, -0.1) is 11.3 Å². The Hall–Kier alpha value is -1.67. The van der Waals surface area contributed by atoms with Crippen LogP contribution < -0.4 is 0 Å². The SMILES string of the molecule is CCOC(=O)c1ncsc1C#CC=O. The van der Waals surface area contributed by atoms with Crippen molar-refractivity contribution in [3.63, 3.8) is 0 Å². The van der Waals surface area contributed by atoms with Crippen molar-refractivity contribution in [2.45, 2.75) is 6.92 Å². The Morgan fingerprint density at radius 1 is 1.79 bits per heavy atom. The van der Waals surface area contributed by atoms with Gasteiger partial charge in [0, 0.05) is 0 Å². The summed E-state index contributed by atoms with van der Waals surface area (Å²) in [7, 11) is 0. The highest BCUT2D eigenvalue weighted by molar-refractivity contribution is 7.10. The zero-order valence-electron chi connectivity index (χ0n) is 7.44. The molecule has 0 unspecified atom stereocenters. The Bertz CT molecular complexity index is 400. The molecule has 72 valence electrons. The number of thiazole rings is 1. The van der Waals surface area contributed by atoms with Crippen LogP contribution >= 0.6 is 11.3 Å². The Kier molecular flexibility index (Phi) is 3.83. The molecule has 0 amide bonds. The van der Waals surface area contributed by atoms with E-state index in [0.717, 1.165) is 0 Å². The number of aromatic nitrogens is 1. The zero-order chi connectivity index (χ0) is 10.4. The van der Waals surface area contributed by atoms with Gasteiger partial charge in [-0.05, 0) is 18.8 Å². The van der Waals surface area contributed by atoms with Gasteiger partial charge in [0.2, 0.25) is 0 Å². The third kappa shape index (κ3) is 2.41. The second-order valence-corrected chi connectivity index (χ2v) is 2.99. The van der Waals surface area contributed by atoms with E-state index in [2.05, 4.69) is 16.8 Å². The molecule has 0 bridgehead atoms. The Labute approximate surface area is 84.9 Å². The quantitative estimate of drug-likeness (QED) is 0.412. The standard InChI is InChI=1S/C9H7NO3S/c1-2-13-9(12)8-7(4-3-5-11)14-6-10-8/h5-6H,2H2,1H3. The molecule has 0 saturated heterocycles. The predicted octanol–water partition coefficient (Wildman–Crippen LogP) is 0.870. The van der Waals surface area contributed by atoms with Gasteiger partial charge in [0.1, 0.15) is 4.88 Å². The molecule has 0 saturated carbocycles. The van der Waals surface area contributed by atoms with Crippen LogP contribution in [-0.2, 0) is 9.53 Å². The Morgan fingerprint density at radius 2 is 2.57 bits per heavy atom. The van der Waals surface area contributed by atoms with E-state index in [9.17, 15) is 9.59 Å². The van der Waals surface area contributed by atoms with Crippen molar-refractivity contribution in [1.29, 1.82) is 0 Å². The molecule has 5 heteroatoms. The fraction of sp³-hybridized carbons (Fsp3) is 0.222. The minimum Gasteiger partial charge on any atom is -0.461 e. The number of hydrogen-bond acceptors (Lipinski definition) is 5. The molecule has 0 aromatic carbocycles. The van der Waals surface area contributed by atoms with Gasteiger partial charge in [0.25, 0.3) is 0 Å². The molecule has 0 aliphatic heterocycles. The highest BCUT2D eigenvalue weighted by atomic mass is 32.1. The fourth-order valence-electron chi connectivity index (χ4n) is 0.775. The first-order valence-corrected chi connectivity index (χ1v) is 4.73. The molecule has 0 radical (unpaired) electrons. The number of carbonyl (C=O) groups is 2. The van der Waals surface area contributed by atoms with Crippen molar-refractivity contribution in [2.75, 3.05) is 6.61 Å². The highest BCUT2D eigenvalue weighted by Crippen LogP contribution is 2.12. The van der Waals surface area contributed by atoms with E-state index in [1.807, 2.05) is 0 Å². The number of hydrogen-bond donors (Lipinski definition) is 0. The van der Waals surface area contributed by atoms with Gasteiger partial charge < -0.3 is 4.74 Å². The molecular weight excluding hydrogens is 202 g/mol. The molecule has 1 heterocycles. The van der Waals surface area contributed by atoms with Gasteiger partial charge in [-0.2, -0.15) is 0 Å². The maximum absolute atomic E-state index is 11.3. The first-order chi connectivity index (χ1) is 6.79. The Morgan fingerprint density at radius 3 is 3.21 bits per heavy atom. The van der Waals surface area contributed by atoms with E-state index < -0.39 is 5.97 Å². The average Bonchev–Trinajstić information content (AvgIpc) is 2.63. The summed E-state index contributed by atoms with van der Waals surface area (Å²) in [6, 6.07) is 0. The summed E-state index contributed by atoms with van der Waals surface area (Å²) in [5.74, 6) is 4.23. The first kappa shape index (κ1) is 10.4. The molecule has 0 spiro atoms. The van der Waals surface area contributed by atoms with Gasteiger partial charge in [0.05, 0.1) is 12.1 Å². The van der Waals surface area contributed by atoms with Crippen LogP contribution in [0.3, 0.4) is 0 Å². The van der Waals surface area contributed by atoms with E-state index in [4.69, 9.17) is 4.74 Å². The minimum absolute atomic E-state index is 0.172.